The third-order valence-corrected chi connectivity index (χ3v) is 7.81. The Morgan fingerprint density at radius 2 is 1.68 bits per heavy atom. The SMILES string of the molecule is O=S1CC2(CCN(C3CCN(c4ccc(C(F)(F)F)cc4)CC3)C2)C1. The molecule has 3 heterocycles. The van der Waals surface area contributed by atoms with Crippen LogP contribution in [0.2, 0.25) is 0 Å². The zero-order valence-electron chi connectivity index (χ0n) is 14.1. The van der Waals surface area contributed by atoms with E-state index < -0.39 is 22.5 Å². The Morgan fingerprint density at radius 3 is 2.24 bits per heavy atom. The molecule has 3 saturated heterocycles. The van der Waals surface area contributed by atoms with Crippen molar-refractivity contribution in [2.45, 2.75) is 31.5 Å². The predicted octanol–water partition coefficient (Wildman–Crippen LogP) is 3.13. The summed E-state index contributed by atoms with van der Waals surface area (Å²) in [6.45, 7) is 3.93. The molecule has 0 aliphatic carbocycles. The Kier molecular flexibility index (Phi) is 4.35. The molecule has 0 atom stereocenters. The number of nitrogens with zero attached hydrogens (tertiary/aromatic N) is 2. The van der Waals surface area contributed by atoms with Crippen LogP contribution in [0.25, 0.3) is 0 Å². The Hall–Kier alpha value is -1.08. The third-order valence-electron chi connectivity index (χ3n) is 5.94. The predicted molar refractivity (Wildman–Crippen MR) is 93.2 cm³/mol. The number of halogens is 3. The summed E-state index contributed by atoms with van der Waals surface area (Å²) in [6, 6.07) is 6.05. The number of rotatable bonds is 2. The number of hydrogen-bond acceptors (Lipinski definition) is 3. The van der Waals surface area contributed by atoms with E-state index >= 15 is 0 Å². The molecular formula is C18H23F3N2OS. The second-order valence-electron chi connectivity index (χ2n) is 7.71. The maximum Gasteiger partial charge on any atom is 0.416 e. The summed E-state index contributed by atoms with van der Waals surface area (Å²) in [5, 5.41) is 0. The molecule has 1 spiro atoms. The summed E-state index contributed by atoms with van der Waals surface area (Å²) in [4.78, 5) is 4.74. The molecule has 138 valence electrons. The smallest absolute Gasteiger partial charge is 0.371 e. The fraction of sp³-hybridized carbons (Fsp3) is 0.667. The van der Waals surface area contributed by atoms with Gasteiger partial charge in [-0.25, -0.2) is 0 Å². The van der Waals surface area contributed by atoms with E-state index in [0.717, 1.165) is 62.6 Å². The Morgan fingerprint density at radius 1 is 1.04 bits per heavy atom. The van der Waals surface area contributed by atoms with Gasteiger partial charge in [0.1, 0.15) is 0 Å². The van der Waals surface area contributed by atoms with E-state index in [1.54, 1.807) is 12.1 Å². The van der Waals surface area contributed by atoms with Crippen molar-refractivity contribution in [1.82, 2.24) is 4.90 Å². The Labute approximate surface area is 148 Å². The number of likely N-dealkylation sites (tertiary alicyclic amines) is 1. The van der Waals surface area contributed by atoms with Gasteiger partial charge in [-0.15, -0.1) is 0 Å². The summed E-state index contributed by atoms with van der Waals surface area (Å²) >= 11 is 0. The zero-order valence-corrected chi connectivity index (χ0v) is 14.9. The molecule has 4 rings (SSSR count). The first kappa shape index (κ1) is 17.3. The molecule has 7 heteroatoms. The highest BCUT2D eigenvalue weighted by atomic mass is 32.2. The number of alkyl halides is 3. The molecule has 3 aliphatic rings. The lowest BCUT2D eigenvalue weighted by atomic mass is 9.91. The number of hydrogen-bond donors (Lipinski definition) is 0. The van der Waals surface area contributed by atoms with Crippen molar-refractivity contribution >= 4 is 16.5 Å². The van der Waals surface area contributed by atoms with Crippen LogP contribution in [0.1, 0.15) is 24.8 Å². The highest BCUT2D eigenvalue weighted by Gasteiger charge is 2.48. The van der Waals surface area contributed by atoms with Gasteiger partial charge in [-0.2, -0.15) is 13.2 Å². The second-order valence-corrected chi connectivity index (χ2v) is 9.17. The Bertz CT molecular complexity index is 645. The van der Waals surface area contributed by atoms with Crippen LogP contribution in [-0.4, -0.2) is 52.8 Å². The molecular weight excluding hydrogens is 349 g/mol. The minimum absolute atomic E-state index is 0.315. The minimum atomic E-state index is -4.28. The van der Waals surface area contributed by atoms with Crippen molar-refractivity contribution in [2.75, 3.05) is 42.6 Å². The van der Waals surface area contributed by atoms with Crippen molar-refractivity contribution in [2.24, 2.45) is 5.41 Å². The standard InChI is InChI=1S/C18H23F3N2OS/c19-18(20,21)14-1-3-15(4-2-14)22-8-5-16(6-9-22)23-10-7-17(11-23)12-25(24)13-17/h1-4,16H,5-13H2. The topological polar surface area (TPSA) is 23.6 Å². The number of anilines is 1. The van der Waals surface area contributed by atoms with Gasteiger partial charge in [0, 0.05) is 59.1 Å². The quantitative estimate of drug-likeness (QED) is 0.797. The van der Waals surface area contributed by atoms with Crippen LogP contribution < -0.4 is 4.90 Å². The first-order chi connectivity index (χ1) is 11.8. The molecule has 1 aromatic rings. The van der Waals surface area contributed by atoms with Crippen LogP contribution in [0.4, 0.5) is 18.9 Å². The van der Waals surface area contributed by atoms with E-state index in [4.69, 9.17) is 0 Å². The molecule has 0 aromatic heterocycles. The highest BCUT2D eigenvalue weighted by molar-refractivity contribution is 7.86. The van der Waals surface area contributed by atoms with Crippen LogP contribution in [-0.2, 0) is 17.0 Å². The van der Waals surface area contributed by atoms with Crippen molar-refractivity contribution in [3.63, 3.8) is 0 Å². The maximum atomic E-state index is 12.7. The van der Waals surface area contributed by atoms with E-state index in [9.17, 15) is 17.4 Å². The number of piperidine rings is 1. The Balaban J connectivity index is 1.32. The summed E-state index contributed by atoms with van der Waals surface area (Å²) in [6.07, 6.45) is -1.03. The van der Waals surface area contributed by atoms with Crippen LogP contribution in [0.3, 0.4) is 0 Å². The maximum absolute atomic E-state index is 12.7. The van der Waals surface area contributed by atoms with Gasteiger partial charge in [0.25, 0.3) is 0 Å². The van der Waals surface area contributed by atoms with Gasteiger partial charge < -0.3 is 4.90 Å². The van der Waals surface area contributed by atoms with Gasteiger partial charge in [0.15, 0.2) is 0 Å². The molecule has 3 nitrogen and oxygen atoms in total. The normalized spacial score (nSPS) is 31.5. The highest BCUT2D eigenvalue weighted by Crippen LogP contribution is 2.41. The van der Waals surface area contributed by atoms with Gasteiger partial charge in [-0.1, -0.05) is 0 Å². The summed E-state index contributed by atoms with van der Waals surface area (Å²) < 4.78 is 49.5. The molecule has 0 radical (unpaired) electrons. The molecule has 0 saturated carbocycles. The molecule has 3 aliphatic heterocycles. The first-order valence-corrected chi connectivity index (χ1v) is 10.3. The summed E-state index contributed by atoms with van der Waals surface area (Å²) in [5.41, 5.74) is 0.597. The average Bonchev–Trinajstić information content (AvgIpc) is 2.99. The van der Waals surface area contributed by atoms with Gasteiger partial charge in [-0.05, 0) is 50.1 Å². The monoisotopic (exact) mass is 372 g/mol. The van der Waals surface area contributed by atoms with Crippen molar-refractivity contribution in [3.8, 4) is 0 Å². The lowest BCUT2D eigenvalue weighted by molar-refractivity contribution is -0.137. The molecule has 0 amide bonds. The minimum Gasteiger partial charge on any atom is -0.371 e. The molecule has 1 aromatic carbocycles. The average molecular weight is 372 g/mol. The lowest BCUT2D eigenvalue weighted by Gasteiger charge is -2.41. The second kappa shape index (κ2) is 6.27. The number of benzene rings is 1. The fourth-order valence-corrected chi connectivity index (χ4v) is 6.26. The molecule has 25 heavy (non-hydrogen) atoms. The van der Waals surface area contributed by atoms with E-state index in [1.165, 1.54) is 12.1 Å². The third kappa shape index (κ3) is 3.45. The van der Waals surface area contributed by atoms with Gasteiger partial charge in [0.2, 0.25) is 0 Å². The van der Waals surface area contributed by atoms with Crippen molar-refractivity contribution in [3.05, 3.63) is 29.8 Å². The van der Waals surface area contributed by atoms with Gasteiger partial charge >= 0.3 is 6.18 Å². The fourth-order valence-electron chi connectivity index (χ4n) is 4.51. The van der Waals surface area contributed by atoms with Crippen molar-refractivity contribution < 1.29 is 17.4 Å². The van der Waals surface area contributed by atoms with Gasteiger partial charge in [0.05, 0.1) is 5.56 Å². The molecule has 3 fully saturated rings. The van der Waals surface area contributed by atoms with Crippen LogP contribution >= 0.6 is 0 Å². The van der Waals surface area contributed by atoms with E-state index in [-0.39, 0.29) is 0 Å². The van der Waals surface area contributed by atoms with E-state index in [1.807, 2.05) is 0 Å². The van der Waals surface area contributed by atoms with Crippen LogP contribution in [0, 0.1) is 5.41 Å². The zero-order chi connectivity index (χ0) is 17.7. The first-order valence-electron chi connectivity index (χ1n) is 8.86. The molecule has 0 N–H and O–H groups in total. The lowest BCUT2D eigenvalue weighted by Crippen LogP contribution is -2.49. The molecule has 0 bridgehead atoms. The van der Waals surface area contributed by atoms with E-state index in [2.05, 4.69) is 9.80 Å². The molecule has 0 unspecified atom stereocenters. The van der Waals surface area contributed by atoms with Crippen molar-refractivity contribution in [1.29, 1.82) is 0 Å². The summed E-state index contributed by atoms with van der Waals surface area (Å²) in [7, 11) is -0.595. The summed E-state index contributed by atoms with van der Waals surface area (Å²) in [5.74, 6) is 1.74. The largest absolute Gasteiger partial charge is 0.416 e. The van der Waals surface area contributed by atoms with Crippen LogP contribution in [0.15, 0.2) is 24.3 Å². The van der Waals surface area contributed by atoms with Crippen LogP contribution in [0.5, 0.6) is 0 Å². The van der Waals surface area contributed by atoms with Gasteiger partial charge in [-0.3, -0.25) is 9.11 Å². The van der Waals surface area contributed by atoms with E-state index in [0.29, 0.717) is 11.5 Å².